The van der Waals surface area contributed by atoms with Crippen LogP contribution in [0.5, 0.6) is 0 Å². The van der Waals surface area contributed by atoms with Gasteiger partial charge in [0.25, 0.3) is 0 Å². The van der Waals surface area contributed by atoms with Crippen molar-refractivity contribution in [2.24, 2.45) is 17.3 Å². The number of methoxy groups -OCH3 is 1. The van der Waals surface area contributed by atoms with Gasteiger partial charge in [0.1, 0.15) is 18.1 Å². The Kier molecular flexibility index (Phi) is 12.4. The Morgan fingerprint density at radius 2 is 1.79 bits per heavy atom. The summed E-state index contributed by atoms with van der Waals surface area (Å²) >= 11 is 0. The predicted molar refractivity (Wildman–Crippen MR) is 162 cm³/mol. The quantitative estimate of drug-likeness (QED) is 0.332. The first-order valence-corrected chi connectivity index (χ1v) is 15.9. The van der Waals surface area contributed by atoms with E-state index >= 15 is 0 Å². The highest BCUT2D eigenvalue weighted by Crippen LogP contribution is 2.38. The van der Waals surface area contributed by atoms with E-state index in [1.165, 1.54) is 6.42 Å². The van der Waals surface area contributed by atoms with E-state index in [2.05, 4.69) is 23.8 Å². The van der Waals surface area contributed by atoms with Gasteiger partial charge in [-0.25, -0.2) is 0 Å². The van der Waals surface area contributed by atoms with Crippen molar-refractivity contribution >= 4 is 11.8 Å². The second-order valence-corrected chi connectivity index (χ2v) is 14.3. The molecule has 10 heteroatoms. The first kappa shape index (κ1) is 35.3. The fourth-order valence-corrected chi connectivity index (χ4v) is 7.05. The molecule has 244 valence electrons. The van der Waals surface area contributed by atoms with Crippen LogP contribution in [-0.4, -0.2) is 135 Å². The number of aliphatic hydroxyl groups is 1. The summed E-state index contributed by atoms with van der Waals surface area (Å²) < 4.78 is 24.8. The van der Waals surface area contributed by atoms with E-state index in [-0.39, 0.29) is 36.5 Å². The topological polar surface area (TPSA) is 101 Å². The maximum absolute atomic E-state index is 14.1. The first-order valence-electron chi connectivity index (χ1n) is 15.9. The Labute approximate surface area is 254 Å². The third-order valence-corrected chi connectivity index (χ3v) is 9.96. The van der Waals surface area contributed by atoms with Crippen LogP contribution in [0.2, 0.25) is 0 Å². The van der Waals surface area contributed by atoms with Crippen molar-refractivity contribution in [1.29, 1.82) is 0 Å². The molecular weight excluding hydrogens is 538 g/mol. The molecule has 3 heterocycles. The number of ether oxygens (including phenoxy) is 4. The van der Waals surface area contributed by atoms with Crippen molar-refractivity contribution in [3.05, 3.63) is 0 Å². The molecule has 1 N–H and O–H groups in total. The van der Waals surface area contributed by atoms with E-state index in [1.807, 2.05) is 32.8 Å². The first-order chi connectivity index (χ1) is 19.6. The van der Waals surface area contributed by atoms with Crippen LogP contribution in [0.1, 0.15) is 73.6 Å². The van der Waals surface area contributed by atoms with Crippen LogP contribution >= 0.6 is 0 Å². The molecule has 9 atom stereocenters. The minimum atomic E-state index is -1.39. The van der Waals surface area contributed by atoms with Gasteiger partial charge in [-0.15, -0.1) is 0 Å². The van der Waals surface area contributed by atoms with Crippen molar-refractivity contribution < 1.29 is 33.6 Å². The zero-order chi connectivity index (χ0) is 31.4. The zero-order valence-electron chi connectivity index (χ0n) is 27.9. The van der Waals surface area contributed by atoms with Crippen LogP contribution in [0, 0.1) is 17.3 Å². The Bertz CT molecular complexity index is 897. The Hall–Kier alpha value is -1.14. The average Bonchev–Trinajstić information content (AvgIpc) is 2.89. The maximum Gasteiger partial charge on any atom is 0.319 e. The summed E-state index contributed by atoms with van der Waals surface area (Å²) in [6.45, 7) is 15.6. The monoisotopic (exact) mass is 597 g/mol. The molecule has 3 fully saturated rings. The van der Waals surface area contributed by atoms with Gasteiger partial charge in [-0.3, -0.25) is 14.5 Å². The van der Waals surface area contributed by atoms with E-state index in [0.717, 1.165) is 39.0 Å². The number of hydrogen-bond acceptors (Lipinski definition) is 10. The molecule has 42 heavy (non-hydrogen) atoms. The number of likely N-dealkylation sites (tertiary alicyclic amines) is 1. The number of carbonyl (C=O) groups excluding carboxylic acids is 2. The molecule has 3 aliphatic rings. The Morgan fingerprint density at radius 3 is 2.36 bits per heavy atom. The van der Waals surface area contributed by atoms with E-state index in [0.29, 0.717) is 12.8 Å². The molecule has 3 rings (SSSR count). The van der Waals surface area contributed by atoms with Gasteiger partial charge in [0, 0.05) is 31.7 Å². The zero-order valence-corrected chi connectivity index (χ0v) is 27.9. The molecule has 0 aromatic carbocycles. The highest BCUT2D eigenvalue weighted by atomic mass is 16.7. The molecular formula is C32H59N3O7. The van der Waals surface area contributed by atoms with Gasteiger partial charge in [0.15, 0.2) is 12.1 Å². The number of hydrogen-bond donors (Lipinski definition) is 1. The smallest absolute Gasteiger partial charge is 0.319 e. The standard InChI is InChI=1S/C32H59N3O7/c1-21-18-32(6,39-10)28(42-29-26(36)25(33(7)8)17-22(2)41-29)23(3)27(37)31(4,5)30(38)40-20-24(34(9)19-21)13-11-14-35-15-12-16-35/h21-26,28-29,36H,11-20H2,1-10H3/t21-,22-,23+,24+,25+,26-,28-,29+,32-/m1/s1. The number of ketones is 1. The van der Waals surface area contributed by atoms with Crippen molar-refractivity contribution in [1.82, 2.24) is 14.7 Å². The molecule has 0 unspecified atom stereocenters. The average molecular weight is 598 g/mol. The lowest BCUT2D eigenvalue weighted by Gasteiger charge is -2.47. The third-order valence-electron chi connectivity index (χ3n) is 9.96. The number of carbonyl (C=O) groups is 2. The number of esters is 1. The van der Waals surface area contributed by atoms with Crippen LogP contribution in [0.4, 0.5) is 0 Å². The molecule has 0 aliphatic carbocycles. The molecule has 0 saturated carbocycles. The Balaban J connectivity index is 1.91. The van der Waals surface area contributed by atoms with Gasteiger partial charge in [0.2, 0.25) is 0 Å². The van der Waals surface area contributed by atoms with Crippen LogP contribution in [0.15, 0.2) is 0 Å². The van der Waals surface area contributed by atoms with Gasteiger partial charge >= 0.3 is 5.97 Å². The lowest BCUT2D eigenvalue weighted by atomic mass is 9.74. The summed E-state index contributed by atoms with van der Waals surface area (Å²) in [7, 11) is 7.59. The van der Waals surface area contributed by atoms with Crippen molar-refractivity contribution in [3.8, 4) is 0 Å². The summed E-state index contributed by atoms with van der Waals surface area (Å²) in [6.07, 6.45) is 1.70. The van der Waals surface area contributed by atoms with Crippen LogP contribution in [0.25, 0.3) is 0 Å². The Morgan fingerprint density at radius 1 is 1.12 bits per heavy atom. The molecule has 0 spiro atoms. The SMILES string of the molecule is CO[C@]1(C)C[C@@H](C)CN(C)[C@@H](CCCN2CCC2)COC(=O)C(C)(C)C(=O)[C@H](C)[C@H]1O[C@@H]1O[C@H](C)C[C@H](N(C)C)[C@H]1O. The molecule has 0 aromatic rings. The molecule has 0 radical (unpaired) electrons. The number of cyclic esters (lactones) is 1. The summed E-state index contributed by atoms with van der Waals surface area (Å²) in [5, 5.41) is 11.3. The van der Waals surface area contributed by atoms with Crippen molar-refractivity contribution in [2.45, 2.75) is 116 Å². The van der Waals surface area contributed by atoms with E-state index in [9.17, 15) is 14.7 Å². The second kappa shape index (κ2) is 14.8. The van der Waals surface area contributed by atoms with Crippen molar-refractivity contribution in [3.63, 3.8) is 0 Å². The normalized spacial score (nSPS) is 39.6. The molecule has 0 amide bonds. The highest BCUT2D eigenvalue weighted by molar-refractivity contribution is 6.04. The second-order valence-electron chi connectivity index (χ2n) is 14.3. The number of rotatable bonds is 8. The van der Waals surface area contributed by atoms with Crippen LogP contribution < -0.4 is 0 Å². The van der Waals surface area contributed by atoms with Gasteiger partial charge in [-0.05, 0) is 106 Å². The van der Waals surface area contributed by atoms with Crippen molar-refractivity contribution in [2.75, 3.05) is 61.0 Å². The lowest BCUT2D eigenvalue weighted by Crippen LogP contribution is -2.59. The van der Waals surface area contributed by atoms with Crippen LogP contribution in [-0.2, 0) is 28.5 Å². The van der Waals surface area contributed by atoms with E-state index < -0.39 is 41.4 Å². The third kappa shape index (κ3) is 8.31. The lowest BCUT2D eigenvalue weighted by molar-refractivity contribution is -0.295. The molecule has 10 nitrogen and oxygen atoms in total. The van der Waals surface area contributed by atoms with E-state index in [4.69, 9.17) is 18.9 Å². The van der Waals surface area contributed by atoms with Gasteiger partial charge in [-0.2, -0.15) is 0 Å². The largest absolute Gasteiger partial charge is 0.463 e. The van der Waals surface area contributed by atoms with Crippen LogP contribution in [0.3, 0.4) is 0 Å². The minimum Gasteiger partial charge on any atom is -0.463 e. The fourth-order valence-electron chi connectivity index (χ4n) is 7.05. The summed E-state index contributed by atoms with van der Waals surface area (Å²) in [5.41, 5.74) is -2.28. The predicted octanol–water partition coefficient (Wildman–Crippen LogP) is 2.80. The van der Waals surface area contributed by atoms with Gasteiger partial charge < -0.3 is 33.9 Å². The minimum absolute atomic E-state index is 0.0536. The van der Waals surface area contributed by atoms with Gasteiger partial charge in [0.05, 0.1) is 17.8 Å². The fraction of sp³-hybridized carbons (Fsp3) is 0.938. The molecule has 3 saturated heterocycles. The van der Waals surface area contributed by atoms with Gasteiger partial charge in [-0.1, -0.05) is 13.8 Å². The maximum atomic E-state index is 14.1. The number of aliphatic hydroxyl groups excluding tert-OH is 1. The molecule has 0 aromatic heterocycles. The summed E-state index contributed by atoms with van der Waals surface area (Å²) in [6, 6.07) is -0.108. The summed E-state index contributed by atoms with van der Waals surface area (Å²) in [5.74, 6) is -1.36. The molecule has 0 bridgehead atoms. The number of nitrogens with zero attached hydrogens (tertiary/aromatic N) is 3. The number of likely N-dealkylation sites (N-methyl/N-ethyl adjacent to an activating group) is 2. The highest BCUT2D eigenvalue weighted by Gasteiger charge is 2.51. The molecule has 3 aliphatic heterocycles. The van der Waals surface area contributed by atoms with E-state index in [1.54, 1.807) is 27.9 Å². The number of Topliss-reactive ketones (excluding diaryl/α,β-unsaturated/α-hetero) is 1. The summed E-state index contributed by atoms with van der Waals surface area (Å²) in [4.78, 5) is 34.3.